The Hall–Kier alpha value is -0.730. The van der Waals surface area contributed by atoms with Crippen molar-refractivity contribution in [3.63, 3.8) is 0 Å². The Labute approximate surface area is 89.4 Å². The Morgan fingerprint density at radius 1 is 1.50 bits per heavy atom. The Kier molecular flexibility index (Phi) is 2.94. The summed E-state index contributed by atoms with van der Waals surface area (Å²) in [5.74, 6) is 0.590. The third kappa shape index (κ3) is 1.72. The smallest absolute Gasteiger partial charge is 0.0640 e. The fourth-order valence-corrected chi connectivity index (χ4v) is 2.27. The number of hydrogen-bond acceptors (Lipinski definition) is 2. The molecule has 0 radical (unpaired) electrons. The standard InChI is InChI=1S/C11H15ClN2/c12-10-5-1-4-9-8(3-2-6-13)7-14-11(9)10/h1,4-5,8,14H,2-3,6-7,13H2. The molecule has 1 aromatic rings. The van der Waals surface area contributed by atoms with Crippen LogP contribution in [0.1, 0.15) is 24.3 Å². The first-order valence-electron chi connectivity index (χ1n) is 5.05. The van der Waals surface area contributed by atoms with Crippen LogP contribution in [-0.4, -0.2) is 13.1 Å². The molecule has 0 saturated heterocycles. The highest BCUT2D eigenvalue weighted by Gasteiger charge is 2.22. The van der Waals surface area contributed by atoms with Crippen molar-refractivity contribution in [3.8, 4) is 0 Å². The van der Waals surface area contributed by atoms with Gasteiger partial charge in [0.1, 0.15) is 0 Å². The molecule has 3 heteroatoms. The van der Waals surface area contributed by atoms with Crippen LogP contribution in [0, 0.1) is 0 Å². The van der Waals surface area contributed by atoms with E-state index in [1.165, 1.54) is 5.56 Å². The summed E-state index contributed by atoms with van der Waals surface area (Å²) in [6, 6.07) is 6.10. The zero-order chi connectivity index (χ0) is 9.97. The SMILES string of the molecule is NCCCC1CNc2c(Cl)cccc21. The van der Waals surface area contributed by atoms with Crippen LogP contribution in [0.4, 0.5) is 5.69 Å². The van der Waals surface area contributed by atoms with Gasteiger partial charge in [-0.15, -0.1) is 0 Å². The first kappa shape index (κ1) is 9.81. The van der Waals surface area contributed by atoms with Crippen molar-refractivity contribution in [1.82, 2.24) is 0 Å². The first-order chi connectivity index (χ1) is 6.83. The first-order valence-corrected chi connectivity index (χ1v) is 5.43. The summed E-state index contributed by atoms with van der Waals surface area (Å²) in [4.78, 5) is 0. The second kappa shape index (κ2) is 4.20. The van der Waals surface area contributed by atoms with E-state index < -0.39 is 0 Å². The summed E-state index contributed by atoms with van der Waals surface area (Å²) in [6.07, 6.45) is 2.23. The Balaban J connectivity index is 2.18. The van der Waals surface area contributed by atoms with Gasteiger partial charge in [0, 0.05) is 12.5 Å². The predicted molar refractivity (Wildman–Crippen MR) is 61.0 cm³/mol. The monoisotopic (exact) mass is 210 g/mol. The number of benzene rings is 1. The van der Waals surface area contributed by atoms with Crippen molar-refractivity contribution < 1.29 is 0 Å². The van der Waals surface area contributed by atoms with E-state index in [2.05, 4.69) is 11.4 Å². The number of hydrogen-bond donors (Lipinski definition) is 2. The van der Waals surface area contributed by atoms with E-state index in [1.54, 1.807) is 0 Å². The maximum atomic E-state index is 6.08. The lowest BCUT2D eigenvalue weighted by Gasteiger charge is -2.08. The molecule has 1 unspecified atom stereocenters. The van der Waals surface area contributed by atoms with E-state index in [4.69, 9.17) is 17.3 Å². The van der Waals surface area contributed by atoms with E-state index in [0.717, 1.165) is 36.6 Å². The van der Waals surface area contributed by atoms with Crippen LogP contribution < -0.4 is 11.1 Å². The van der Waals surface area contributed by atoms with E-state index in [1.807, 2.05) is 12.1 Å². The average Bonchev–Trinajstić information content (AvgIpc) is 2.60. The second-order valence-corrected chi connectivity index (χ2v) is 4.12. The van der Waals surface area contributed by atoms with Crippen molar-refractivity contribution in [2.75, 3.05) is 18.4 Å². The van der Waals surface area contributed by atoms with Crippen molar-refractivity contribution in [2.24, 2.45) is 5.73 Å². The summed E-state index contributed by atoms with van der Waals surface area (Å²) in [5.41, 5.74) is 7.98. The molecule has 3 N–H and O–H groups in total. The number of rotatable bonds is 3. The molecule has 2 nitrogen and oxygen atoms in total. The highest BCUT2D eigenvalue weighted by molar-refractivity contribution is 6.33. The summed E-state index contributed by atoms with van der Waals surface area (Å²) >= 11 is 6.08. The molecular formula is C11H15ClN2. The molecule has 0 bridgehead atoms. The predicted octanol–water partition coefficient (Wildman–Crippen LogP) is 2.59. The zero-order valence-corrected chi connectivity index (χ0v) is 8.85. The molecule has 0 spiro atoms. The molecule has 0 fully saturated rings. The zero-order valence-electron chi connectivity index (χ0n) is 8.09. The van der Waals surface area contributed by atoms with Crippen LogP contribution >= 0.6 is 11.6 Å². The molecule has 1 aliphatic heterocycles. The van der Waals surface area contributed by atoms with E-state index >= 15 is 0 Å². The summed E-state index contributed by atoms with van der Waals surface area (Å²) < 4.78 is 0. The third-order valence-electron chi connectivity index (χ3n) is 2.77. The summed E-state index contributed by atoms with van der Waals surface area (Å²) in [5, 5.41) is 4.19. The highest BCUT2D eigenvalue weighted by Crippen LogP contribution is 2.38. The van der Waals surface area contributed by atoms with Crippen LogP contribution in [0.25, 0.3) is 0 Å². The number of nitrogens with two attached hydrogens (primary N) is 1. The Morgan fingerprint density at radius 2 is 2.36 bits per heavy atom. The van der Waals surface area contributed by atoms with Gasteiger partial charge in [-0.25, -0.2) is 0 Å². The molecule has 1 atom stereocenters. The summed E-state index contributed by atoms with van der Waals surface area (Å²) in [7, 11) is 0. The average molecular weight is 211 g/mol. The fraction of sp³-hybridized carbons (Fsp3) is 0.455. The van der Waals surface area contributed by atoms with Crippen LogP contribution in [0.2, 0.25) is 5.02 Å². The molecule has 1 aliphatic rings. The van der Waals surface area contributed by atoms with Gasteiger partial charge in [0.2, 0.25) is 0 Å². The number of anilines is 1. The fourth-order valence-electron chi connectivity index (χ4n) is 2.02. The topological polar surface area (TPSA) is 38.0 Å². The van der Waals surface area contributed by atoms with Gasteiger partial charge in [0.15, 0.2) is 0 Å². The quantitative estimate of drug-likeness (QED) is 0.805. The highest BCUT2D eigenvalue weighted by atomic mass is 35.5. The van der Waals surface area contributed by atoms with Crippen LogP contribution in [0.5, 0.6) is 0 Å². The van der Waals surface area contributed by atoms with Gasteiger partial charge in [-0.05, 0) is 31.0 Å². The number of nitrogens with one attached hydrogen (secondary N) is 1. The number of para-hydroxylation sites is 1. The van der Waals surface area contributed by atoms with Crippen molar-refractivity contribution in [2.45, 2.75) is 18.8 Å². The normalized spacial score (nSPS) is 19.1. The van der Waals surface area contributed by atoms with Crippen LogP contribution in [0.15, 0.2) is 18.2 Å². The van der Waals surface area contributed by atoms with Gasteiger partial charge >= 0.3 is 0 Å². The van der Waals surface area contributed by atoms with Gasteiger partial charge in [0.25, 0.3) is 0 Å². The third-order valence-corrected chi connectivity index (χ3v) is 3.08. The molecule has 1 heterocycles. The lowest BCUT2D eigenvalue weighted by Crippen LogP contribution is -2.05. The number of halogens is 1. The molecule has 0 saturated carbocycles. The van der Waals surface area contributed by atoms with Crippen molar-refractivity contribution in [3.05, 3.63) is 28.8 Å². The molecule has 0 amide bonds. The maximum absolute atomic E-state index is 6.08. The van der Waals surface area contributed by atoms with Gasteiger partial charge in [0.05, 0.1) is 10.7 Å². The molecule has 1 aromatic carbocycles. The summed E-state index contributed by atoms with van der Waals surface area (Å²) in [6.45, 7) is 1.77. The number of fused-ring (bicyclic) bond motifs is 1. The van der Waals surface area contributed by atoms with Gasteiger partial charge in [-0.2, -0.15) is 0 Å². The van der Waals surface area contributed by atoms with Gasteiger partial charge in [-0.3, -0.25) is 0 Å². The molecule has 0 aliphatic carbocycles. The maximum Gasteiger partial charge on any atom is 0.0640 e. The van der Waals surface area contributed by atoms with E-state index in [0.29, 0.717) is 5.92 Å². The molecule has 14 heavy (non-hydrogen) atoms. The van der Waals surface area contributed by atoms with Crippen LogP contribution in [0.3, 0.4) is 0 Å². The Morgan fingerprint density at radius 3 is 3.14 bits per heavy atom. The minimum absolute atomic E-state index is 0.590. The van der Waals surface area contributed by atoms with Crippen molar-refractivity contribution in [1.29, 1.82) is 0 Å². The minimum atomic E-state index is 0.590. The minimum Gasteiger partial charge on any atom is -0.383 e. The second-order valence-electron chi connectivity index (χ2n) is 3.71. The van der Waals surface area contributed by atoms with Crippen molar-refractivity contribution >= 4 is 17.3 Å². The largest absolute Gasteiger partial charge is 0.383 e. The van der Waals surface area contributed by atoms with Crippen LogP contribution in [-0.2, 0) is 0 Å². The van der Waals surface area contributed by atoms with E-state index in [9.17, 15) is 0 Å². The molecule has 0 aromatic heterocycles. The lowest BCUT2D eigenvalue weighted by molar-refractivity contribution is 0.638. The molecule has 76 valence electrons. The molecule has 2 rings (SSSR count). The van der Waals surface area contributed by atoms with Gasteiger partial charge in [-0.1, -0.05) is 23.7 Å². The molecular weight excluding hydrogens is 196 g/mol. The van der Waals surface area contributed by atoms with Gasteiger partial charge < -0.3 is 11.1 Å². The van der Waals surface area contributed by atoms with E-state index in [-0.39, 0.29) is 0 Å². The Bertz CT molecular complexity index is 325. The lowest BCUT2D eigenvalue weighted by atomic mass is 9.96.